The Morgan fingerprint density at radius 2 is 1.97 bits per heavy atom. The van der Waals surface area contributed by atoms with E-state index in [0.717, 1.165) is 53.4 Å². The van der Waals surface area contributed by atoms with Crippen molar-refractivity contribution in [2.75, 3.05) is 25.5 Å². The number of nitriles is 1. The van der Waals surface area contributed by atoms with Gasteiger partial charge in [-0.25, -0.2) is 13.8 Å². The average molecular weight is 446 g/mol. The maximum absolute atomic E-state index is 14.7. The van der Waals surface area contributed by atoms with E-state index < -0.39 is 11.6 Å². The largest absolute Gasteiger partial charge is 0.342 e. The number of imidazole rings is 1. The zero-order valence-corrected chi connectivity index (χ0v) is 18.9. The van der Waals surface area contributed by atoms with Crippen molar-refractivity contribution in [3.8, 4) is 6.07 Å². The summed E-state index contributed by atoms with van der Waals surface area (Å²) in [5.41, 5.74) is 4.84. The Balaban J connectivity index is 1.87. The van der Waals surface area contributed by atoms with Crippen LogP contribution in [0.25, 0.3) is 16.7 Å². The normalized spacial score (nSPS) is 16.3. The summed E-state index contributed by atoms with van der Waals surface area (Å²) in [6.07, 6.45) is 2.45. The van der Waals surface area contributed by atoms with Gasteiger partial charge < -0.3 is 4.90 Å². The summed E-state index contributed by atoms with van der Waals surface area (Å²) in [7, 11) is 4.12. The number of para-hydroxylation sites is 2. The molecule has 0 aliphatic carbocycles. The van der Waals surface area contributed by atoms with E-state index >= 15 is 0 Å². The monoisotopic (exact) mass is 445 g/mol. The summed E-state index contributed by atoms with van der Waals surface area (Å²) in [6.45, 7) is 2.74. The quantitative estimate of drug-likeness (QED) is 0.442. The molecule has 4 aromatic rings. The van der Waals surface area contributed by atoms with Crippen LogP contribution in [0.2, 0.25) is 0 Å². The van der Waals surface area contributed by atoms with Crippen LogP contribution in [0.15, 0.2) is 42.5 Å². The molecule has 3 heterocycles. The van der Waals surface area contributed by atoms with Crippen LogP contribution in [0.4, 0.5) is 14.6 Å². The number of fused-ring (bicyclic) bond motifs is 3. The smallest absolute Gasteiger partial charge is 0.157 e. The summed E-state index contributed by atoms with van der Waals surface area (Å²) < 4.78 is 30.4. The van der Waals surface area contributed by atoms with E-state index in [2.05, 4.69) is 34.4 Å². The molecule has 7 heteroatoms. The molecule has 2 aromatic heterocycles. The summed E-state index contributed by atoms with van der Waals surface area (Å²) in [5, 5.41) is 10.1. The molecule has 0 saturated carbocycles. The first-order valence-corrected chi connectivity index (χ1v) is 11.1. The third-order valence-electron chi connectivity index (χ3n) is 6.68. The zero-order valence-electron chi connectivity index (χ0n) is 18.9. The molecule has 168 valence electrons. The van der Waals surface area contributed by atoms with Crippen LogP contribution in [0.1, 0.15) is 35.1 Å². The number of anilines is 1. The van der Waals surface area contributed by atoms with E-state index in [1.807, 2.05) is 31.2 Å². The summed E-state index contributed by atoms with van der Waals surface area (Å²) >= 11 is 0. The Hall–Kier alpha value is -3.50. The van der Waals surface area contributed by atoms with Crippen molar-refractivity contribution in [2.45, 2.75) is 32.4 Å². The van der Waals surface area contributed by atoms with Gasteiger partial charge in [-0.15, -0.1) is 0 Å². The van der Waals surface area contributed by atoms with E-state index in [4.69, 9.17) is 4.98 Å². The lowest BCUT2D eigenvalue weighted by Gasteiger charge is -2.34. The van der Waals surface area contributed by atoms with Gasteiger partial charge >= 0.3 is 0 Å². The highest BCUT2D eigenvalue weighted by atomic mass is 19.1. The van der Waals surface area contributed by atoms with Gasteiger partial charge in [0.2, 0.25) is 0 Å². The number of halogens is 2. The highest BCUT2D eigenvalue weighted by Gasteiger charge is 2.32. The second-order valence-electron chi connectivity index (χ2n) is 8.87. The molecule has 1 aliphatic heterocycles. The molecule has 33 heavy (non-hydrogen) atoms. The van der Waals surface area contributed by atoms with Crippen LogP contribution in [0.5, 0.6) is 0 Å². The molecule has 1 unspecified atom stereocenters. The predicted molar refractivity (Wildman–Crippen MR) is 125 cm³/mol. The van der Waals surface area contributed by atoms with Crippen LogP contribution in [0.3, 0.4) is 0 Å². The number of nitrogens with zero attached hydrogens (tertiary/aromatic N) is 5. The molecule has 1 atom stereocenters. The fourth-order valence-electron chi connectivity index (χ4n) is 5.07. The van der Waals surface area contributed by atoms with Crippen LogP contribution in [-0.4, -0.2) is 41.1 Å². The van der Waals surface area contributed by atoms with Gasteiger partial charge in [0, 0.05) is 24.6 Å². The Kier molecular flexibility index (Phi) is 5.26. The minimum absolute atomic E-state index is 0.165. The maximum atomic E-state index is 14.7. The molecule has 5 nitrogen and oxygen atoms in total. The van der Waals surface area contributed by atoms with Gasteiger partial charge in [0.15, 0.2) is 5.65 Å². The second kappa shape index (κ2) is 8.13. The van der Waals surface area contributed by atoms with Gasteiger partial charge in [0.1, 0.15) is 23.5 Å². The lowest BCUT2D eigenvalue weighted by atomic mass is 9.97. The topological polar surface area (TPSA) is 47.6 Å². The molecule has 0 radical (unpaired) electrons. The second-order valence-corrected chi connectivity index (χ2v) is 8.87. The van der Waals surface area contributed by atoms with Gasteiger partial charge in [0.05, 0.1) is 22.8 Å². The van der Waals surface area contributed by atoms with E-state index in [1.54, 1.807) is 0 Å². The standard InChI is InChI=1S/C26H25F2N5/c1-16-19(13-17-10-11-18(27)14-21(17)28)26(32-12-6-9-24(32)31(2)3)33-23-8-5-4-7-22(23)30-25(33)20(16)15-29/h4-5,7-8,10-11,14,24H,6,9,12-13H2,1-3H3. The minimum Gasteiger partial charge on any atom is -0.342 e. The van der Waals surface area contributed by atoms with Gasteiger partial charge in [-0.05, 0) is 63.2 Å². The highest BCUT2D eigenvalue weighted by molar-refractivity contribution is 5.86. The maximum Gasteiger partial charge on any atom is 0.157 e. The minimum atomic E-state index is -0.603. The molecule has 1 aliphatic rings. The number of hydrogen-bond acceptors (Lipinski definition) is 4. The lowest BCUT2D eigenvalue weighted by molar-refractivity contribution is 0.300. The Labute approximate surface area is 191 Å². The summed E-state index contributed by atoms with van der Waals surface area (Å²) in [5.74, 6) is -0.260. The van der Waals surface area contributed by atoms with Crippen molar-refractivity contribution in [1.82, 2.24) is 14.3 Å². The van der Waals surface area contributed by atoms with Crippen molar-refractivity contribution >= 4 is 22.5 Å². The van der Waals surface area contributed by atoms with Crippen molar-refractivity contribution in [2.24, 2.45) is 0 Å². The van der Waals surface area contributed by atoms with Crippen LogP contribution in [-0.2, 0) is 6.42 Å². The van der Waals surface area contributed by atoms with Crippen molar-refractivity contribution in [3.63, 3.8) is 0 Å². The lowest BCUT2D eigenvalue weighted by Crippen LogP contribution is -2.42. The highest BCUT2D eigenvalue weighted by Crippen LogP contribution is 2.38. The van der Waals surface area contributed by atoms with Crippen molar-refractivity contribution in [3.05, 3.63) is 76.4 Å². The van der Waals surface area contributed by atoms with Gasteiger partial charge in [-0.2, -0.15) is 5.26 Å². The summed E-state index contributed by atoms with van der Waals surface area (Å²) in [4.78, 5) is 9.33. The van der Waals surface area contributed by atoms with Gasteiger partial charge in [0.25, 0.3) is 0 Å². The van der Waals surface area contributed by atoms with E-state index in [9.17, 15) is 14.0 Å². The molecule has 5 rings (SSSR count). The van der Waals surface area contributed by atoms with E-state index in [-0.39, 0.29) is 12.6 Å². The van der Waals surface area contributed by atoms with Crippen molar-refractivity contribution in [1.29, 1.82) is 5.26 Å². The number of benzene rings is 2. The molecule has 2 aromatic carbocycles. The number of hydrogen-bond donors (Lipinski definition) is 0. The Morgan fingerprint density at radius 3 is 2.70 bits per heavy atom. The predicted octanol–water partition coefficient (Wildman–Crippen LogP) is 5.02. The molecule has 0 bridgehead atoms. The Morgan fingerprint density at radius 1 is 1.18 bits per heavy atom. The third kappa shape index (κ3) is 3.42. The molecule has 0 N–H and O–H groups in total. The van der Waals surface area contributed by atoms with E-state index in [0.29, 0.717) is 16.8 Å². The average Bonchev–Trinajstić information content (AvgIpc) is 3.41. The van der Waals surface area contributed by atoms with Crippen LogP contribution < -0.4 is 4.90 Å². The first kappa shape index (κ1) is 21.4. The molecule has 1 fully saturated rings. The van der Waals surface area contributed by atoms with Gasteiger partial charge in [-0.3, -0.25) is 9.30 Å². The molecule has 0 spiro atoms. The van der Waals surface area contributed by atoms with E-state index in [1.165, 1.54) is 12.1 Å². The number of pyridine rings is 1. The van der Waals surface area contributed by atoms with Crippen molar-refractivity contribution < 1.29 is 8.78 Å². The molecular weight excluding hydrogens is 420 g/mol. The fourth-order valence-corrected chi connectivity index (χ4v) is 5.07. The van der Waals surface area contributed by atoms with Crippen LogP contribution in [0, 0.1) is 29.9 Å². The zero-order chi connectivity index (χ0) is 23.3. The third-order valence-corrected chi connectivity index (χ3v) is 6.68. The summed E-state index contributed by atoms with van der Waals surface area (Å²) in [6, 6.07) is 13.8. The SMILES string of the molecule is Cc1c(Cc2ccc(F)cc2F)c(N2CCCC2N(C)C)n2c(nc3ccccc32)c1C#N. The molecular formula is C26H25F2N5. The first-order chi connectivity index (χ1) is 15.9. The van der Waals surface area contributed by atoms with Gasteiger partial charge in [-0.1, -0.05) is 18.2 Å². The Bertz CT molecular complexity index is 1420. The number of aromatic nitrogens is 2. The molecule has 1 saturated heterocycles. The fraction of sp³-hybridized carbons (Fsp3) is 0.308. The number of rotatable bonds is 4. The first-order valence-electron chi connectivity index (χ1n) is 11.1. The van der Waals surface area contributed by atoms with Crippen LogP contribution >= 0.6 is 0 Å². The molecule has 0 amide bonds.